The second-order valence-corrected chi connectivity index (χ2v) is 2.07. The summed E-state index contributed by atoms with van der Waals surface area (Å²) in [6.07, 6.45) is 1.62. The van der Waals surface area contributed by atoms with Gasteiger partial charge in [0.05, 0.1) is 0 Å². The molecular weight excluding hydrogens is 130 g/mol. The number of nitrogens with two attached hydrogens (primary N) is 1. The summed E-state index contributed by atoms with van der Waals surface area (Å²) in [6, 6.07) is 0. The Morgan fingerprint density at radius 1 is 1.70 bits per heavy atom. The minimum absolute atomic E-state index is 0.456. The van der Waals surface area contributed by atoms with Crippen LogP contribution in [-0.4, -0.2) is 10.1 Å². The fraction of sp³-hybridized carbons (Fsp3) is 0.333. The second kappa shape index (κ2) is 2.51. The van der Waals surface area contributed by atoms with E-state index in [0.717, 1.165) is 0 Å². The molecule has 4 nitrogen and oxygen atoms in total. The van der Waals surface area contributed by atoms with Crippen LogP contribution in [0.1, 0.15) is 18.6 Å². The van der Waals surface area contributed by atoms with Gasteiger partial charge in [0.2, 0.25) is 0 Å². The van der Waals surface area contributed by atoms with Gasteiger partial charge in [-0.3, -0.25) is 0 Å². The lowest BCUT2D eigenvalue weighted by Gasteiger charge is -1.82. The van der Waals surface area contributed by atoms with E-state index in [1.807, 2.05) is 0 Å². The Labute approximate surface area is 58.7 Å². The zero-order valence-electron chi connectivity index (χ0n) is 5.96. The summed E-state index contributed by atoms with van der Waals surface area (Å²) in [5.41, 5.74) is 6.02. The molecule has 0 spiro atoms. The van der Waals surface area contributed by atoms with Gasteiger partial charge < -0.3 is 10.3 Å². The molecule has 0 aromatic carbocycles. The predicted octanol–water partition coefficient (Wildman–Crippen LogP) is 0.698. The molecule has 4 heteroatoms. The van der Waals surface area contributed by atoms with Crippen LogP contribution < -0.4 is 5.73 Å². The number of rotatable bonds is 1. The summed E-state index contributed by atoms with van der Waals surface area (Å²) in [6.45, 7) is 3.52. The van der Waals surface area contributed by atoms with Crippen molar-refractivity contribution in [2.24, 2.45) is 5.73 Å². The largest absolute Gasteiger partial charge is 0.402 e. The molecule has 10 heavy (non-hydrogen) atoms. The van der Waals surface area contributed by atoms with E-state index < -0.39 is 0 Å². The fourth-order valence-electron chi connectivity index (χ4n) is 0.567. The summed E-state index contributed by atoms with van der Waals surface area (Å²) in [5.74, 6) is 1.07. The van der Waals surface area contributed by atoms with Crippen LogP contribution in [-0.2, 0) is 0 Å². The third-order valence-corrected chi connectivity index (χ3v) is 0.894. The standard InChI is InChI=1S/C6H9N3O/c1-4(7)3-6-8-5(2)9-10-6/h3H,7H2,1-2H3. The Bertz CT molecular complexity index is 247. The molecule has 0 bridgehead atoms. The molecule has 0 aliphatic carbocycles. The minimum atomic E-state index is 0.456. The summed E-state index contributed by atoms with van der Waals surface area (Å²) in [4.78, 5) is 3.92. The van der Waals surface area contributed by atoms with Crippen molar-refractivity contribution in [3.8, 4) is 0 Å². The zero-order valence-corrected chi connectivity index (χ0v) is 5.96. The van der Waals surface area contributed by atoms with Gasteiger partial charge in [-0.05, 0) is 13.8 Å². The Kier molecular flexibility index (Phi) is 1.71. The molecule has 1 aromatic rings. The van der Waals surface area contributed by atoms with Crippen LogP contribution >= 0.6 is 0 Å². The Morgan fingerprint density at radius 3 is 2.80 bits per heavy atom. The Hall–Kier alpha value is -1.32. The van der Waals surface area contributed by atoms with E-state index in [1.54, 1.807) is 19.9 Å². The molecule has 54 valence electrons. The van der Waals surface area contributed by atoms with Gasteiger partial charge in [0, 0.05) is 11.8 Å². The smallest absolute Gasteiger partial charge is 0.252 e. The van der Waals surface area contributed by atoms with E-state index in [1.165, 1.54) is 0 Å². The van der Waals surface area contributed by atoms with Gasteiger partial charge in [0.1, 0.15) is 0 Å². The second-order valence-electron chi connectivity index (χ2n) is 2.07. The maximum Gasteiger partial charge on any atom is 0.252 e. The van der Waals surface area contributed by atoms with E-state index in [-0.39, 0.29) is 0 Å². The molecule has 1 heterocycles. The average molecular weight is 139 g/mol. The third kappa shape index (κ3) is 1.58. The molecule has 0 radical (unpaired) electrons. The SMILES string of the molecule is CC(N)=Cc1nc(C)no1. The van der Waals surface area contributed by atoms with Gasteiger partial charge in [-0.2, -0.15) is 4.98 Å². The molecule has 1 aromatic heterocycles. The highest BCUT2D eigenvalue weighted by Gasteiger charge is 1.96. The van der Waals surface area contributed by atoms with Crippen molar-refractivity contribution in [3.63, 3.8) is 0 Å². The zero-order chi connectivity index (χ0) is 7.56. The molecule has 0 aliphatic rings. The number of allylic oxidation sites excluding steroid dienone is 1. The summed E-state index contributed by atoms with van der Waals surface area (Å²) in [7, 11) is 0. The third-order valence-electron chi connectivity index (χ3n) is 0.894. The molecule has 0 atom stereocenters. The topological polar surface area (TPSA) is 64.9 Å². The summed E-state index contributed by atoms with van der Waals surface area (Å²) in [5, 5.41) is 3.58. The molecule has 0 aliphatic heterocycles. The summed E-state index contributed by atoms with van der Waals surface area (Å²) >= 11 is 0. The number of hydrogen-bond acceptors (Lipinski definition) is 4. The van der Waals surface area contributed by atoms with Gasteiger partial charge in [-0.25, -0.2) is 0 Å². The van der Waals surface area contributed by atoms with Gasteiger partial charge >= 0.3 is 0 Å². The van der Waals surface area contributed by atoms with Crippen LogP contribution in [0.5, 0.6) is 0 Å². The predicted molar refractivity (Wildman–Crippen MR) is 36.9 cm³/mol. The van der Waals surface area contributed by atoms with Crippen molar-refractivity contribution >= 4 is 6.08 Å². The number of hydrogen-bond donors (Lipinski definition) is 1. The van der Waals surface area contributed by atoms with Gasteiger partial charge in [-0.15, -0.1) is 0 Å². The lowest BCUT2D eigenvalue weighted by Crippen LogP contribution is -1.89. The van der Waals surface area contributed by atoms with Crippen molar-refractivity contribution < 1.29 is 4.52 Å². The van der Waals surface area contributed by atoms with E-state index in [9.17, 15) is 0 Å². The van der Waals surface area contributed by atoms with Crippen LogP contribution in [0.4, 0.5) is 0 Å². The van der Waals surface area contributed by atoms with Crippen LogP contribution in [0.2, 0.25) is 0 Å². The number of aromatic nitrogens is 2. The first kappa shape index (κ1) is 6.80. The fourth-order valence-corrected chi connectivity index (χ4v) is 0.567. The number of nitrogens with zero attached hydrogens (tertiary/aromatic N) is 2. The van der Waals surface area contributed by atoms with Crippen LogP contribution in [0, 0.1) is 6.92 Å². The Balaban J connectivity index is 2.86. The highest BCUT2D eigenvalue weighted by Crippen LogP contribution is 1.99. The van der Waals surface area contributed by atoms with Crippen molar-refractivity contribution in [2.45, 2.75) is 13.8 Å². The Morgan fingerprint density at radius 2 is 2.40 bits per heavy atom. The van der Waals surface area contributed by atoms with Crippen molar-refractivity contribution in [1.29, 1.82) is 0 Å². The van der Waals surface area contributed by atoms with E-state index in [4.69, 9.17) is 10.3 Å². The molecular formula is C6H9N3O. The van der Waals surface area contributed by atoms with E-state index in [2.05, 4.69) is 10.1 Å². The summed E-state index contributed by atoms with van der Waals surface area (Å²) < 4.78 is 4.76. The van der Waals surface area contributed by atoms with Gasteiger partial charge in [0.25, 0.3) is 5.89 Å². The van der Waals surface area contributed by atoms with Gasteiger partial charge in [0.15, 0.2) is 5.82 Å². The molecule has 1 rings (SSSR count). The van der Waals surface area contributed by atoms with Gasteiger partial charge in [-0.1, -0.05) is 5.16 Å². The highest BCUT2D eigenvalue weighted by molar-refractivity contribution is 5.40. The van der Waals surface area contributed by atoms with Crippen LogP contribution in [0.25, 0.3) is 6.08 Å². The van der Waals surface area contributed by atoms with E-state index in [0.29, 0.717) is 17.4 Å². The van der Waals surface area contributed by atoms with Crippen molar-refractivity contribution in [2.75, 3.05) is 0 Å². The maximum absolute atomic E-state index is 5.37. The quantitative estimate of drug-likeness (QED) is 0.621. The first-order valence-corrected chi connectivity index (χ1v) is 2.92. The lowest BCUT2D eigenvalue weighted by atomic mass is 10.4. The molecule has 0 saturated carbocycles. The molecule has 0 fully saturated rings. The molecule has 0 amide bonds. The van der Waals surface area contributed by atoms with Crippen molar-refractivity contribution in [3.05, 3.63) is 17.4 Å². The van der Waals surface area contributed by atoms with Crippen molar-refractivity contribution in [1.82, 2.24) is 10.1 Å². The maximum atomic E-state index is 5.37. The molecule has 2 N–H and O–H groups in total. The monoisotopic (exact) mass is 139 g/mol. The average Bonchev–Trinajstić information content (AvgIpc) is 2.13. The van der Waals surface area contributed by atoms with E-state index >= 15 is 0 Å². The molecule has 0 unspecified atom stereocenters. The highest BCUT2D eigenvalue weighted by atomic mass is 16.5. The minimum Gasteiger partial charge on any atom is -0.402 e. The molecule has 0 saturated heterocycles. The number of aryl methyl sites for hydroxylation is 1. The van der Waals surface area contributed by atoms with Crippen LogP contribution in [0.15, 0.2) is 10.2 Å². The first-order chi connectivity index (χ1) is 4.68. The first-order valence-electron chi connectivity index (χ1n) is 2.92. The normalized spacial score (nSPS) is 12.0. The lowest BCUT2D eigenvalue weighted by molar-refractivity contribution is 0.405. The van der Waals surface area contributed by atoms with Crippen LogP contribution in [0.3, 0.4) is 0 Å².